The highest BCUT2D eigenvalue weighted by Gasteiger charge is 1.57. The van der Waals surface area contributed by atoms with E-state index >= 15 is 0 Å². The molecule has 0 rings (SSSR count). The lowest BCUT2D eigenvalue weighted by Gasteiger charge is -1.71. The van der Waals surface area contributed by atoms with Crippen LogP contribution in [-0.2, 0) is 9.59 Å². The van der Waals surface area contributed by atoms with E-state index < -0.39 is 0 Å². The van der Waals surface area contributed by atoms with Crippen LogP contribution in [0, 0.1) is 0 Å². The van der Waals surface area contributed by atoms with Crippen molar-refractivity contribution in [3.8, 4) is 0 Å². The fourth-order valence-corrected chi connectivity index (χ4v) is 0.110. The van der Waals surface area contributed by atoms with E-state index in [-0.39, 0.29) is 0 Å². The Morgan fingerprint density at radius 3 is 1.86 bits per heavy atom. The van der Waals surface area contributed by atoms with Crippen LogP contribution in [-0.4, -0.2) is 11.9 Å². The lowest BCUT2D eigenvalue weighted by atomic mass is 10.9. The van der Waals surface area contributed by atoms with Crippen LogP contribution < -0.4 is 5.32 Å². The molecule has 1 N–H and O–H groups in total. The normalized spacial score (nSPS) is 5.14. The molecule has 0 aliphatic rings. The van der Waals surface area contributed by atoms with Gasteiger partial charge >= 0.3 is 0 Å². The van der Waals surface area contributed by atoms with Gasteiger partial charge in [0.05, 0.1) is 12.4 Å². The van der Waals surface area contributed by atoms with Crippen molar-refractivity contribution in [1.29, 1.82) is 0 Å². The van der Waals surface area contributed by atoms with Crippen molar-refractivity contribution in [1.82, 2.24) is 5.32 Å². The first-order valence-corrected chi connectivity index (χ1v) is 1.56. The number of rotatable bonds is 2. The average Bonchev–Trinajstić information content (AvgIpc) is 1.69. The van der Waals surface area contributed by atoms with Crippen molar-refractivity contribution in [2.75, 3.05) is 0 Å². The molecule has 0 bridgehead atoms. The maximum atomic E-state index is 9.29. The quantitative estimate of drug-likeness (QED) is 0.462. The largest absolute Gasteiger partial charge is 0.349 e. The van der Waals surface area contributed by atoms with Gasteiger partial charge in [-0.3, -0.25) is 0 Å². The minimum Gasteiger partial charge on any atom is -0.349 e. The number of carbonyl (C=O) groups excluding carboxylic acids is 2. The Morgan fingerprint density at radius 1 is 1.14 bits per heavy atom. The summed E-state index contributed by atoms with van der Waals surface area (Å²) in [4.78, 5) is 18.6. The maximum Gasteiger partial charge on any atom is 0.142 e. The standard InChI is InChI=1S/C4H3NO2/c6-3-1-5-2-4-7/h1-2,5H. The van der Waals surface area contributed by atoms with Crippen LogP contribution in [0.1, 0.15) is 0 Å². The van der Waals surface area contributed by atoms with Crippen molar-refractivity contribution in [3.63, 3.8) is 0 Å². The zero-order valence-electron chi connectivity index (χ0n) is 3.47. The van der Waals surface area contributed by atoms with Gasteiger partial charge in [0.1, 0.15) is 11.9 Å². The number of hydrogen-bond donors (Lipinski definition) is 1. The van der Waals surface area contributed by atoms with E-state index in [0.717, 1.165) is 12.4 Å². The molecule has 0 aromatic rings. The van der Waals surface area contributed by atoms with Crippen molar-refractivity contribution < 1.29 is 9.59 Å². The molecule has 0 atom stereocenters. The van der Waals surface area contributed by atoms with Gasteiger partial charge in [-0.15, -0.1) is 0 Å². The fourth-order valence-electron chi connectivity index (χ4n) is 0.110. The number of nitrogens with one attached hydrogen (secondary N) is 1. The van der Waals surface area contributed by atoms with E-state index in [9.17, 15) is 9.59 Å². The second kappa shape index (κ2) is 4.70. The van der Waals surface area contributed by atoms with Crippen LogP contribution in [0.2, 0.25) is 0 Å². The predicted molar refractivity (Wildman–Crippen MR) is 23.7 cm³/mol. The molecule has 0 unspecified atom stereocenters. The second-order valence-electron chi connectivity index (χ2n) is 0.691. The first-order chi connectivity index (χ1) is 3.41. The Balaban J connectivity index is 3.33. The van der Waals surface area contributed by atoms with Gasteiger partial charge in [-0.25, -0.2) is 9.59 Å². The summed E-state index contributed by atoms with van der Waals surface area (Å²) in [6.45, 7) is 0. The van der Waals surface area contributed by atoms with Crippen LogP contribution in [0.15, 0.2) is 12.4 Å². The lowest BCUT2D eigenvalue weighted by molar-refractivity contribution is 0.567. The van der Waals surface area contributed by atoms with Gasteiger partial charge in [-0.05, 0) is 0 Å². The van der Waals surface area contributed by atoms with E-state index in [1.807, 2.05) is 0 Å². The van der Waals surface area contributed by atoms with E-state index in [0.29, 0.717) is 0 Å². The molecular formula is C4H3NO2. The van der Waals surface area contributed by atoms with Crippen molar-refractivity contribution in [3.05, 3.63) is 12.4 Å². The van der Waals surface area contributed by atoms with Gasteiger partial charge in [0.15, 0.2) is 0 Å². The molecule has 0 aromatic heterocycles. The molecule has 0 saturated carbocycles. The molecule has 0 amide bonds. The highest BCUT2D eigenvalue weighted by atomic mass is 16.1. The van der Waals surface area contributed by atoms with Crippen LogP contribution in [0.25, 0.3) is 0 Å². The van der Waals surface area contributed by atoms with E-state index in [4.69, 9.17) is 0 Å². The number of hydrogen-bond acceptors (Lipinski definition) is 3. The Labute approximate surface area is 40.3 Å². The second-order valence-corrected chi connectivity index (χ2v) is 0.691. The molecule has 7 heavy (non-hydrogen) atoms. The highest BCUT2D eigenvalue weighted by molar-refractivity contribution is 5.48. The van der Waals surface area contributed by atoms with Crippen LogP contribution >= 0.6 is 0 Å². The molecule has 0 heterocycles. The minimum absolute atomic E-state index is 0.963. The summed E-state index contributed by atoms with van der Waals surface area (Å²) in [5.41, 5.74) is 0. The minimum atomic E-state index is 0.963. The van der Waals surface area contributed by atoms with E-state index in [2.05, 4.69) is 5.32 Å². The highest BCUT2D eigenvalue weighted by Crippen LogP contribution is 1.44. The summed E-state index contributed by atoms with van der Waals surface area (Å²) < 4.78 is 0. The van der Waals surface area contributed by atoms with E-state index in [1.54, 1.807) is 0 Å². The molecule has 0 aromatic carbocycles. The molecule has 0 spiro atoms. The average molecular weight is 97.1 g/mol. The Morgan fingerprint density at radius 2 is 1.57 bits per heavy atom. The van der Waals surface area contributed by atoms with Crippen molar-refractivity contribution in [2.24, 2.45) is 0 Å². The lowest BCUT2D eigenvalue weighted by Crippen LogP contribution is -1.90. The third-order valence-corrected chi connectivity index (χ3v) is 0.285. The first kappa shape index (κ1) is 5.70. The molecule has 36 valence electrons. The summed E-state index contributed by atoms with van der Waals surface area (Å²) in [5, 5.41) is 2.19. The smallest absolute Gasteiger partial charge is 0.142 e. The Kier molecular flexibility index (Phi) is 3.83. The Hall–Kier alpha value is -1.30. The van der Waals surface area contributed by atoms with Gasteiger partial charge in [-0.1, -0.05) is 0 Å². The molecule has 0 fully saturated rings. The van der Waals surface area contributed by atoms with Crippen LogP contribution in [0.4, 0.5) is 0 Å². The molecule has 0 radical (unpaired) electrons. The zero-order chi connectivity index (χ0) is 5.54. The zero-order valence-corrected chi connectivity index (χ0v) is 3.47. The van der Waals surface area contributed by atoms with Gasteiger partial charge in [-0.2, -0.15) is 0 Å². The predicted octanol–water partition coefficient (Wildman–Crippen LogP) is -0.733. The summed E-state index contributed by atoms with van der Waals surface area (Å²) in [6, 6.07) is 0. The molecule has 3 heteroatoms. The monoisotopic (exact) mass is 97.0 g/mol. The summed E-state index contributed by atoms with van der Waals surface area (Å²) in [7, 11) is 0. The van der Waals surface area contributed by atoms with Gasteiger partial charge in [0, 0.05) is 0 Å². The SMILES string of the molecule is O=C=CNC=C=O. The first-order valence-electron chi connectivity index (χ1n) is 1.56. The summed E-state index contributed by atoms with van der Waals surface area (Å²) in [6.07, 6.45) is 1.93. The fraction of sp³-hybridized carbons (Fsp3) is 0. The third-order valence-electron chi connectivity index (χ3n) is 0.285. The van der Waals surface area contributed by atoms with Crippen molar-refractivity contribution in [2.45, 2.75) is 0 Å². The topological polar surface area (TPSA) is 46.2 Å². The molecule has 3 nitrogen and oxygen atoms in total. The molecule has 0 aliphatic heterocycles. The van der Waals surface area contributed by atoms with Gasteiger partial charge in [0.2, 0.25) is 0 Å². The van der Waals surface area contributed by atoms with Crippen molar-refractivity contribution >= 4 is 11.9 Å². The molecule has 0 aliphatic carbocycles. The third kappa shape index (κ3) is 4.70. The molecular weight excluding hydrogens is 94.0 g/mol. The summed E-state index contributed by atoms with van der Waals surface area (Å²) in [5.74, 6) is 2.81. The van der Waals surface area contributed by atoms with Crippen LogP contribution in [0.5, 0.6) is 0 Å². The summed E-state index contributed by atoms with van der Waals surface area (Å²) >= 11 is 0. The van der Waals surface area contributed by atoms with Gasteiger partial charge in [0.25, 0.3) is 0 Å². The van der Waals surface area contributed by atoms with Crippen LogP contribution in [0.3, 0.4) is 0 Å². The Bertz CT molecular complexity index is 113. The van der Waals surface area contributed by atoms with Gasteiger partial charge < -0.3 is 5.32 Å². The van der Waals surface area contributed by atoms with E-state index in [1.165, 1.54) is 11.9 Å². The molecule has 0 saturated heterocycles. The maximum absolute atomic E-state index is 9.29.